The Morgan fingerprint density at radius 3 is 2.55 bits per heavy atom. The highest BCUT2D eigenvalue weighted by Gasteiger charge is 2.23. The van der Waals surface area contributed by atoms with Gasteiger partial charge < -0.3 is 5.32 Å². The lowest BCUT2D eigenvalue weighted by Gasteiger charge is -2.23. The summed E-state index contributed by atoms with van der Waals surface area (Å²) in [6.45, 7) is 2.26. The quantitative estimate of drug-likeness (QED) is 0.844. The molecule has 0 saturated heterocycles. The number of carbonyl (C=O) groups excluding carboxylic acids is 1. The normalized spacial score (nSPS) is 16.4. The van der Waals surface area contributed by atoms with E-state index in [2.05, 4.69) is 10.0 Å². The van der Waals surface area contributed by atoms with E-state index in [4.69, 9.17) is 0 Å². The maximum absolute atomic E-state index is 12.5. The van der Waals surface area contributed by atoms with E-state index in [0.29, 0.717) is 13.0 Å². The van der Waals surface area contributed by atoms with Crippen LogP contribution in [-0.4, -0.2) is 26.9 Å². The van der Waals surface area contributed by atoms with Gasteiger partial charge in [-0.05, 0) is 31.4 Å². The van der Waals surface area contributed by atoms with Gasteiger partial charge in [-0.1, -0.05) is 38.3 Å². The number of hydrogen-bond donors (Lipinski definition) is 2. The van der Waals surface area contributed by atoms with Gasteiger partial charge >= 0.3 is 0 Å². The van der Waals surface area contributed by atoms with Gasteiger partial charge in [-0.3, -0.25) is 4.79 Å². The van der Waals surface area contributed by atoms with Crippen LogP contribution in [0.3, 0.4) is 0 Å². The minimum Gasteiger partial charge on any atom is -0.349 e. The van der Waals surface area contributed by atoms with Crippen molar-refractivity contribution in [3.63, 3.8) is 0 Å². The number of nitrogens with one attached hydrogen (secondary N) is 2. The van der Waals surface area contributed by atoms with Crippen LogP contribution in [0.15, 0.2) is 29.2 Å². The van der Waals surface area contributed by atoms with Crippen LogP contribution in [0.4, 0.5) is 0 Å². The number of amides is 1. The van der Waals surface area contributed by atoms with Gasteiger partial charge in [0.1, 0.15) is 0 Å². The molecule has 0 atom stereocenters. The Bertz CT molecular complexity index is 608. The molecule has 1 saturated carbocycles. The number of benzene rings is 1. The van der Waals surface area contributed by atoms with E-state index in [1.807, 2.05) is 6.92 Å². The summed E-state index contributed by atoms with van der Waals surface area (Å²) in [5.41, 5.74) is 0.219. The summed E-state index contributed by atoms with van der Waals surface area (Å²) in [7, 11) is -3.65. The Morgan fingerprint density at radius 2 is 1.86 bits per heavy atom. The number of carbonyl (C=O) groups is 1. The minimum atomic E-state index is -3.65. The van der Waals surface area contributed by atoms with Crippen LogP contribution in [-0.2, 0) is 10.0 Å². The summed E-state index contributed by atoms with van der Waals surface area (Å²) < 4.78 is 27.2. The maximum atomic E-state index is 12.5. The van der Waals surface area contributed by atoms with Gasteiger partial charge in [-0.25, -0.2) is 13.1 Å². The second kappa shape index (κ2) is 7.74. The molecule has 0 aromatic heterocycles. The van der Waals surface area contributed by atoms with Crippen molar-refractivity contribution in [1.82, 2.24) is 10.0 Å². The SMILES string of the molecule is CCCNS(=O)(=O)c1ccccc1C(=O)NC1CCCCC1. The predicted octanol–water partition coefficient (Wildman–Crippen LogP) is 2.44. The fourth-order valence-electron chi connectivity index (χ4n) is 2.71. The topological polar surface area (TPSA) is 75.3 Å². The second-order valence-corrected chi connectivity index (χ2v) is 7.44. The van der Waals surface area contributed by atoms with Crippen LogP contribution in [0.2, 0.25) is 0 Å². The zero-order chi connectivity index (χ0) is 16.0. The molecule has 0 unspecified atom stereocenters. The molecule has 2 N–H and O–H groups in total. The molecule has 122 valence electrons. The molecule has 6 heteroatoms. The Morgan fingerprint density at radius 1 is 1.18 bits per heavy atom. The molecule has 1 fully saturated rings. The standard InChI is InChI=1S/C16H24N2O3S/c1-2-12-17-22(20,21)15-11-7-6-10-14(15)16(19)18-13-8-4-3-5-9-13/h6-7,10-11,13,17H,2-5,8-9,12H2,1H3,(H,18,19). The lowest BCUT2D eigenvalue weighted by Crippen LogP contribution is -2.37. The van der Waals surface area contributed by atoms with E-state index >= 15 is 0 Å². The highest BCUT2D eigenvalue weighted by molar-refractivity contribution is 7.89. The van der Waals surface area contributed by atoms with Gasteiger partial charge in [0.2, 0.25) is 10.0 Å². The van der Waals surface area contributed by atoms with Gasteiger partial charge in [0, 0.05) is 12.6 Å². The van der Waals surface area contributed by atoms with Gasteiger partial charge in [-0.15, -0.1) is 0 Å². The number of rotatable bonds is 6. The fraction of sp³-hybridized carbons (Fsp3) is 0.562. The summed E-state index contributed by atoms with van der Waals surface area (Å²) in [6.07, 6.45) is 6.07. The third kappa shape index (κ3) is 4.30. The summed E-state index contributed by atoms with van der Waals surface area (Å²) in [5, 5.41) is 2.97. The summed E-state index contributed by atoms with van der Waals surface area (Å²) >= 11 is 0. The first-order chi connectivity index (χ1) is 10.5. The summed E-state index contributed by atoms with van der Waals surface area (Å²) in [4.78, 5) is 12.5. The zero-order valence-electron chi connectivity index (χ0n) is 13.0. The third-order valence-corrected chi connectivity index (χ3v) is 5.42. The van der Waals surface area contributed by atoms with Crippen molar-refractivity contribution in [1.29, 1.82) is 0 Å². The zero-order valence-corrected chi connectivity index (χ0v) is 13.8. The summed E-state index contributed by atoms with van der Waals surface area (Å²) in [6, 6.07) is 6.53. The molecule has 1 aromatic rings. The van der Waals surface area contributed by atoms with Crippen molar-refractivity contribution in [2.24, 2.45) is 0 Å². The largest absolute Gasteiger partial charge is 0.349 e. The lowest BCUT2D eigenvalue weighted by atomic mass is 9.95. The molecule has 5 nitrogen and oxygen atoms in total. The van der Waals surface area contributed by atoms with Crippen LogP contribution in [0, 0.1) is 0 Å². The van der Waals surface area contributed by atoms with Gasteiger partial charge in [0.05, 0.1) is 10.5 Å². The highest BCUT2D eigenvalue weighted by Crippen LogP contribution is 2.20. The lowest BCUT2D eigenvalue weighted by molar-refractivity contribution is 0.0924. The first-order valence-electron chi connectivity index (χ1n) is 7.94. The molecule has 0 radical (unpaired) electrons. The van der Waals surface area contributed by atoms with Gasteiger partial charge in [-0.2, -0.15) is 0 Å². The molecule has 0 aliphatic heterocycles. The maximum Gasteiger partial charge on any atom is 0.252 e. The van der Waals surface area contributed by atoms with Crippen LogP contribution >= 0.6 is 0 Å². The molecule has 2 rings (SSSR count). The third-order valence-electron chi connectivity index (χ3n) is 3.90. The van der Waals surface area contributed by atoms with Crippen molar-refractivity contribution < 1.29 is 13.2 Å². The molecular weight excluding hydrogens is 300 g/mol. The van der Waals surface area contributed by atoms with E-state index in [-0.39, 0.29) is 22.4 Å². The van der Waals surface area contributed by atoms with Crippen molar-refractivity contribution >= 4 is 15.9 Å². The van der Waals surface area contributed by atoms with Crippen molar-refractivity contribution in [3.05, 3.63) is 29.8 Å². The molecule has 0 bridgehead atoms. The van der Waals surface area contributed by atoms with Crippen LogP contribution < -0.4 is 10.0 Å². The summed E-state index contributed by atoms with van der Waals surface area (Å²) in [5.74, 6) is -0.302. The van der Waals surface area contributed by atoms with Crippen LogP contribution in [0.5, 0.6) is 0 Å². The van der Waals surface area contributed by atoms with Crippen molar-refractivity contribution in [2.45, 2.75) is 56.4 Å². The molecule has 1 aliphatic carbocycles. The first kappa shape index (κ1) is 17.0. The van der Waals surface area contributed by atoms with E-state index in [1.165, 1.54) is 12.5 Å². The number of sulfonamides is 1. The molecule has 1 aliphatic rings. The van der Waals surface area contributed by atoms with E-state index in [1.54, 1.807) is 18.2 Å². The van der Waals surface area contributed by atoms with Crippen molar-refractivity contribution in [2.75, 3.05) is 6.54 Å². The Kier molecular flexibility index (Phi) is 5.97. The van der Waals surface area contributed by atoms with Crippen molar-refractivity contribution in [3.8, 4) is 0 Å². The smallest absolute Gasteiger partial charge is 0.252 e. The van der Waals surface area contributed by atoms with Gasteiger partial charge in [0.15, 0.2) is 0 Å². The molecule has 0 spiro atoms. The average molecular weight is 324 g/mol. The predicted molar refractivity (Wildman–Crippen MR) is 86.3 cm³/mol. The molecule has 1 aromatic carbocycles. The Hall–Kier alpha value is -1.40. The molecular formula is C16H24N2O3S. The highest BCUT2D eigenvalue weighted by atomic mass is 32.2. The first-order valence-corrected chi connectivity index (χ1v) is 9.42. The average Bonchev–Trinajstić information content (AvgIpc) is 2.54. The Balaban J connectivity index is 2.18. The minimum absolute atomic E-state index is 0.0526. The second-order valence-electron chi connectivity index (χ2n) is 5.70. The molecule has 0 heterocycles. The molecule has 22 heavy (non-hydrogen) atoms. The van der Waals surface area contributed by atoms with Crippen LogP contribution in [0.1, 0.15) is 55.8 Å². The Labute approximate surface area is 132 Å². The fourth-order valence-corrected chi connectivity index (χ4v) is 4.05. The van der Waals surface area contributed by atoms with E-state index in [0.717, 1.165) is 25.7 Å². The van der Waals surface area contributed by atoms with Gasteiger partial charge in [0.25, 0.3) is 5.91 Å². The van der Waals surface area contributed by atoms with E-state index < -0.39 is 10.0 Å². The van der Waals surface area contributed by atoms with Crippen LogP contribution in [0.25, 0.3) is 0 Å². The van der Waals surface area contributed by atoms with E-state index in [9.17, 15) is 13.2 Å². The number of hydrogen-bond acceptors (Lipinski definition) is 3. The molecule has 1 amide bonds. The monoisotopic (exact) mass is 324 g/mol.